The maximum Gasteiger partial charge on any atom is 0.131 e. The van der Waals surface area contributed by atoms with Gasteiger partial charge in [-0.05, 0) is 43.7 Å². The molecule has 0 fully saturated rings. The number of nitrogens with one attached hydrogen (secondary N) is 1. The average molecular weight is 277 g/mol. The van der Waals surface area contributed by atoms with Gasteiger partial charge in [0.25, 0.3) is 0 Å². The lowest BCUT2D eigenvalue weighted by molar-refractivity contribution is 0.340. The summed E-state index contributed by atoms with van der Waals surface area (Å²) in [5.41, 5.74) is 1.17. The lowest BCUT2D eigenvalue weighted by atomic mass is 10.1. The Labute approximate surface area is 118 Å². The van der Waals surface area contributed by atoms with Gasteiger partial charge < -0.3 is 10.1 Å². The van der Waals surface area contributed by atoms with Crippen LogP contribution in [0.4, 0.5) is 5.82 Å². The van der Waals surface area contributed by atoms with Crippen molar-refractivity contribution in [2.75, 3.05) is 11.9 Å². The number of hydrogen-bond donors (Lipinski definition) is 1. The number of pyridine rings is 1. The van der Waals surface area contributed by atoms with E-state index < -0.39 is 0 Å². The first-order chi connectivity index (χ1) is 9.19. The first-order valence-corrected chi connectivity index (χ1v) is 6.68. The van der Waals surface area contributed by atoms with Gasteiger partial charge in [0, 0.05) is 6.04 Å². The molecule has 0 spiro atoms. The van der Waals surface area contributed by atoms with E-state index in [1.54, 1.807) is 6.07 Å². The quantitative estimate of drug-likeness (QED) is 0.827. The molecule has 2 rings (SSSR count). The van der Waals surface area contributed by atoms with Crippen LogP contribution < -0.4 is 10.1 Å². The minimum atomic E-state index is 0.154. The molecule has 19 heavy (non-hydrogen) atoms. The molecule has 0 saturated carbocycles. The molecule has 1 aromatic heterocycles. The number of benzene rings is 1. The van der Waals surface area contributed by atoms with Crippen molar-refractivity contribution in [3.63, 3.8) is 0 Å². The molecule has 3 nitrogen and oxygen atoms in total. The van der Waals surface area contributed by atoms with Crippen molar-refractivity contribution >= 4 is 17.4 Å². The van der Waals surface area contributed by atoms with Crippen LogP contribution in [0.3, 0.4) is 0 Å². The summed E-state index contributed by atoms with van der Waals surface area (Å²) in [6.07, 6.45) is 0. The fourth-order valence-electron chi connectivity index (χ4n) is 1.81. The Morgan fingerprint density at radius 2 is 1.95 bits per heavy atom. The van der Waals surface area contributed by atoms with Crippen LogP contribution in [-0.4, -0.2) is 11.6 Å². The highest BCUT2D eigenvalue weighted by atomic mass is 35.5. The average Bonchev–Trinajstić information content (AvgIpc) is 2.40. The van der Waals surface area contributed by atoms with Crippen molar-refractivity contribution in [1.82, 2.24) is 4.98 Å². The van der Waals surface area contributed by atoms with Crippen molar-refractivity contribution in [1.29, 1.82) is 0 Å². The maximum absolute atomic E-state index is 5.86. The molecule has 0 saturated heterocycles. The van der Waals surface area contributed by atoms with E-state index in [4.69, 9.17) is 16.3 Å². The molecule has 1 N–H and O–H groups in total. The van der Waals surface area contributed by atoms with Crippen LogP contribution in [0.5, 0.6) is 5.75 Å². The van der Waals surface area contributed by atoms with Crippen molar-refractivity contribution in [2.45, 2.75) is 19.9 Å². The van der Waals surface area contributed by atoms with E-state index in [0.717, 1.165) is 11.6 Å². The predicted octanol–water partition coefficient (Wildman–Crippen LogP) is 4.31. The molecule has 0 bridgehead atoms. The molecule has 1 heterocycles. The van der Waals surface area contributed by atoms with Crippen LogP contribution in [0.2, 0.25) is 5.15 Å². The summed E-state index contributed by atoms with van der Waals surface area (Å²) >= 11 is 5.86. The third-order valence-corrected chi connectivity index (χ3v) is 2.98. The summed E-state index contributed by atoms with van der Waals surface area (Å²) in [4.78, 5) is 4.22. The molecule has 1 aromatic carbocycles. The van der Waals surface area contributed by atoms with Gasteiger partial charge in [-0.2, -0.15) is 0 Å². The zero-order valence-corrected chi connectivity index (χ0v) is 11.8. The second kappa shape index (κ2) is 6.43. The zero-order chi connectivity index (χ0) is 13.7. The molecule has 4 heteroatoms. The molecule has 0 aliphatic carbocycles. The number of rotatable bonds is 5. The molecule has 0 aliphatic rings. The molecular weight excluding hydrogens is 260 g/mol. The highest BCUT2D eigenvalue weighted by molar-refractivity contribution is 6.29. The number of anilines is 1. The fraction of sp³-hybridized carbons (Fsp3) is 0.267. The Balaban J connectivity index is 2.05. The molecular formula is C15H17ClN2O. The van der Waals surface area contributed by atoms with Crippen molar-refractivity contribution in [3.05, 3.63) is 53.2 Å². The number of ether oxygens (including phenoxy) is 1. The minimum Gasteiger partial charge on any atom is -0.494 e. The van der Waals surface area contributed by atoms with Gasteiger partial charge in [0.15, 0.2) is 0 Å². The van der Waals surface area contributed by atoms with Crippen LogP contribution >= 0.6 is 11.6 Å². The summed E-state index contributed by atoms with van der Waals surface area (Å²) in [6.45, 7) is 4.74. The van der Waals surface area contributed by atoms with Crippen LogP contribution in [0.25, 0.3) is 0 Å². The lowest BCUT2D eigenvalue weighted by Crippen LogP contribution is -2.07. The van der Waals surface area contributed by atoms with Crippen LogP contribution in [0.1, 0.15) is 25.5 Å². The SMILES string of the molecule is CCOc1ccc(C(C)Nc2cccc(Cl)n2)cc1. The summed E-state index contributed by atoms with van der Waals surface area (Å²) in [5, 5.41) is 3.80. The number of nitrogens with zero attached hydrogens (tertiary/aromatic N) is 1. The molecule has 2 aromatic rings. The zero-order valence-electron chi connectivity index (χ0n) is 11.1. The standard InChI is InChI=1S/C15H17ClN2O/c1-3-19-13-9-7-12(8-10-13)11(2)17-15-6-4-5-14(16)18-15/h4-11H,3H2,1-2H3,(H,17,18). The summed E-state index contributed by atoms with van der Waals surface area (Å²) < 4.78 is 5.42. The van der Waals surface area contributed by atoms with E-state index in [9.17, 15) is 0 Å². The first kappa shape index (κ1) is 13.7. The number of aromatic nitrogens is 1. The van der Waals surface area contributed by atoms with Crippen molar-refractivity contribution in [3.8, 4) is 5.75 Å². The molecule has 1 atom stereocenters. The van der Waals surface area contributed by atoms with Gasteiger partial charge in [-0.1, -0.05) is 29.8 Å². The van der Waals surface area contributed by atoms with Crippen molar-refractivity contribution < 1.29 is 4.74 Å². The van der Waals surface area contributed by atoms with Crippen molar-refractivity contribution in [2.24, 2.45) is 0 Å². The maximum atomic E-state index is 5.86. The van der Waals surface area contributed by atoms with Gasteiger partial charge in [0.2, 0.25) is 0 Å². The normalized spacial score (nSPS) is 11.9. The predicted molar refractivity (Wildman–Crippen MR) is 78.9 cm³/mol. The highest BCUT2D eigenvalue weighted by Gasteiger charge is 2.06. The van der Waals surface area contributed by atoms with E-state index >= 15 is 0 Å². The van der Waals surface area contributed by atoms with Crippen LogP contribution in [0.15, 0.2) is 42.5 Å². The smallest absolute Gasteiger partial charge is 0.131 e. The van der Waals surface area contributed by atoms with Crippen LogP contribution in [-0.2, 0) is 0 Å². The summed E-state index contributed by atoms with van der Waals surface area (Å²) in [5.74, 6) is 1.66. The highest BCUT2D eigenvalue weighted by Crippen LogP contribution is 2.21. The molecule has 0 radical (unpaired) electrons. The third-order valence-electron chi connectivity index (χ3n) is 2.77. The second-order valence-electron chi connectivity index (χ2n) is 4.21. The van der Waals surface area contributed by atoms with Crippen LogP contribution in [0, 0.1) is 0 Å². The lowest BCUT2D eigenvalue weighted by Gasteiger charge is -2.15. The summed E-state index contributed by atoms with van der Waals surface area (Å²) in [6, 6.07) is 13.7. The Kier molecular flexibility index (Phi) is 4.63. The molecule has 100 valence electrons. The largest absolute Gasteiger partial charge is 0.494 e. The number of hydrogen-bond acceptors (Lipinski definition) is 3. The third kappa shape index (κ3) is 3.86. The van der Waals surface area contributed by atoms with Gasteiger partial charge in [-0.15, -0.1) is 0 Å². The Hall–Kier alpha value is -1.74. The van der Waals surface area contributed by atoms with E-state index in [1.165, 1.54) is 5.56 Å². The van der Waals surface area contributed by atoms with E-state index in [-0.39, 0.29) is 6.04 Å². The molecule has 1 unspecified atom stereocenters. The Bertz CT molecular complexity index is 528. The van der Waals surface area contributed by atoms with Gasteiger partial charge in [0.05, 0.1) is 6.61 Å². The van der Waals surface area contributed by atoms with Gasteiger partial charge in [-0.3, -0.25) is 0 Å². The topological polar surface area (TPSA) is 34.1 Å². The fourth-order valence-corrected chi connectivity index (χ4v) is 1.98. The second-order valence-corrected chi connectivity index (χ2v) is 4.60. The monoisotopic (exact) mass is 276 g/mol. The first-order valence-electron chi connectivity index (χ1n) is 6.31. The van der Waals surface area contributed by atoms with E-state index in [0.29, 0.717) is 11.8 Å². The van der Waals surface area contributed by atoms with E-state index in [1.807, 2.05) is 43.3 Å². The van der Waals surface area contributed by atoms with Gasteiger partial charge in [-0.25, -0.2) is 4.98 Å². The molecule has 0 aliphatic heterocycles. The Morgan fingerprint density at radius 3 is 2.58 bits per heavy atom. The summed E-state index contributed by atoms with van der Waals surface area (Å²) in [7, 11) is 0. The van der Waals surface area contributed by atoms with Gasteiger partial charge >= 0.3 is 0 Å². The van der Waals surface area contributed by atoms with E-state index in [2.05, 4.69) is 17.2 Å². The minimum absolute atomic E-state index is 0.154. The number of halogens is 1. The molecule has 0 amide bonds. The van der Waals surface area contributed by atoms with Gasteiger partial charge in [0.1, 0.15) is 16.7 Å². The Morgan fingerprint density at radius 1 is 1.21 bits per heavy atom.